The molecule has 4 rings (SSSR count). The van der Waals surface area contributed by atoms with Gasteiger partial charge in [-0.25, -0.2) is 4.98 Å². The summed E-state index contributed by atoms with van der Waals surface area (Å²) in [7, 11) is 0. The summed E-state index contributed by atoms with van der Waals surface area (Å²) in [5, 5.41) is 17.2. The van der Waals surface area contributed by atoms with Crippen LogP contribution >= 0.6 is 23.1 Å². The zero-order valence-corrected chi connectivity index (χ0v) is 16.6. The molecule has 0 radical (unpaired) electrons. The number of halogens is 1. The van der Waals surface area contributed by atoms with Crippen molar-refractivity contribution >= 4 is 44.7 Å². The molecule has 5 nitrogen and oxygen atoms in total. The second-order valence-corrected chi connectivity index (χ2v) is 7.38. The van der Waals surface area contributed by atoms with Crippen LogP contribution < -0.4 is 10.6 Å². The number of aromatic nitrogens is 2. The first-order chi connectivity index (χ1) is 13.8. The van der Waals surface area contributed by atoms with Gasteiger partial charge in [0.25, 0.3) is 0 Å². The van der Waals surface area contributed by atoms with Crippen molar-refractivity contribution in [2.24, 2.45) is 0 Å². The van der Waals surface area contributed by atoms with Crippen LogP contribution in [-0.2, 0) is 6.54 Å². The van der Waals surface area contributed by atoms with E-state index < -0.39 is 0 Å². The number of hydrogen-bond donors (Lipinski definition) is 3. The lowest BCUT2D eigenvalue weighted by Crippen LogP contribution is -2.17. The fraction of sp³-hybridized carbons (Fsp3) is 0.143. The lowest BCUT2D eigenvalue weighted by atomic mass is 10.1. The van der Waals surface area contributed by atoms with Crippen LogP contribution in [0.5, 0.6) is 0 Å². The van der Waals surface area contributed by atoms with E-state index >= 15 is 0 Å². The van der Waals surface area contributed by atoms with E-state index in [2.05, 4.69) is 20.0 Å². The Labute approximate surface area is 172 Å². The highest BCUT2D eigenvalue weighted by molar-refractivity contribution is 7.14. The van der Waals surface area contributed by atoms with Gasteiger partial charge in [-0.1, -0.05) is 54.1 Å². The molecule has 0 aliphatic carbocycles. The molecule has 0 saturated heterocycles. The van der Waals surface area contributed by atoms with Gasteiger partial charge in [0.15, 0.2) is 0 Å². The molecule has 0 bridgehead atoms. The first-order valence-corrected chi connectivity index (χ1v) is 10.1. The summed E-state index contributed by atoms with van der Waals surface area (Å²) < 4.78 is 5.52. The maximum atomic E-state index is 8.93. The number of nitrogens with one attached hydrogen (secondary N) is 2. The van der Waals surface area contributed by atoms with E-state index in [0.717, 1.165) is 38.4 Å². The highest BCUT2D eigenvalue weighted by Crippen LogP contribution is 2.37. The highest BCUT2D eigenvalue weighted by Gasteiger charge is 2.13. The number of aliphatic hydroxyl groups excluding tert-OH is 1. The molecule has 0 amide bonds. The number of nitrogens with zero attached hydrogens (tertiary/aromatic N) is 2. The van der Waals surface area contributed by atoms with Crippen LogP contribution in [-0.4, -0.2) is 27.6 Å². The summed E-state index contributed by atoms with van der Waals surface area (Å²) in [6.07, 6.45) is 1.77. The third-order valence-corrected chi connectivity index (χ3v) is 5.69. The molecule has 28 heavy (non-hydrogen) atoms. The summed E-state index contributed by atoms with van der Waals surface area (Å²) in [5.74, 6) is 0.732. The van der Waals surface area contributed by atoms with E-state index in [1.54, 1.807) is 6.20 Å². The van der Waals surface area contributed by atoms with Crippen LogP contribution in [0.3, 0.4) is 0 Å². The summed E-state index contributed by atoms with van der Waals surface area (Å²) in [5.41, 5.74) is 3.79. The minimum atomic E-state index is 0.104. The van der Waals surface area contributed by atoms with Gasteiger partial charge in [-0.2, -0.15) is 4.37 Å². The van der Waals surface area contributed by atoms with Gasteiger partial charge in [-0.3, -0.25) is 0 Å². The molecule has 3 N–H and O–H groups in total. The molecule has 4 aromatic rings. The Hall–Kier alpha value is -2.51. The molecule has 2 heterocycles. The summed E-state index contributed by atoms with van der Waals surface area (Å²) >= 11 is 8.10. The molecule has 0 aliphatic rings. The van der Waals surface area contributed by atoms with Gasteiger partial charge in [-0.05, 0) is 29.2 Å². The third kappa shape index (κ3) is 3.86. The Kier molecular flexibility index (Phi) is 5.83. The monoisotopic (exact) mass is 410 g/mol. The maximum absolute atomic E-state index is 8.93. The van der Waals surface area contributed by atoms with Crippen molar-refractivity contribution in [1.29, 1.82) is 0 Å². The lowest BCUT2D eigenvalue weighted by Gasteiger charge is -2.12. The predicted molar refractivity (Wildman–Crippen MR) is 116 cm³/mol. The molecule has 0 spiro atoms. The Balaban J connectivity index is 1.66. The maximum Gasteiger partial charge on any atom is 0.150 e. The first kappa shape index (κ1) is 18.8. The third-order valence-electron chi connectivity index (χ3n) is 4.38. The van der Waals surface area contributed by atoms with Gasteiger partial charge in [0.1, 0.15) is 5.82 Å². The quantitative estimate of drug-likeness (QED) is 0.380. The zero-order valence-electron chi connectivity index (χ0n) is 15.0. The van der Waals surface area contributed by atoms with Crippen LogP contribution in [0.4, 0.5) is 11.5 Å². The molecule has 0 aliphatic heterocycles. The van der Waals surface area contributed by atoms with Crippen molar-refractivity contribution in [1.82, 2.24) is 14.7 Å². The van der Waals surface area contributed by atoms with E-state index in [0.29, 0.717) is 18.1 Å². The Morgan fingerprint density at radius 2 is 1.89 bits per heavy atom. The normalized spacial score (nSPS) is 11.1. The Bertz CT molecular complexity index is 1080. The van der Waals surface area contributed by atoms with E-state index in [-0.39, 0.29) is 6.61 Å². The minimum absolute atomic E-state index is 0.104. The van der Waals surface area contributed by atoms with Crippen molar-refractivity contribution < 1.29 is 5.11 Å². The first-order valence-electron chi connectivity index (χ1n) is 8.93. The van der Waals surface area contributed by atoms with Gasteiger partial charge >= 0.3 is 0 Å². The fourth-order valence-corrected chi connectivity index (χ4v) is 4.14. The smallest absolute Gasteiger partial charge is 0.150 e. The molecule has 0 atom stereocenters. The summed E-state index contributed by atoms with van der Waals surface area (Å²) in [4.78, 5) is 4.50. The summed E-state index contributed by atoms with van der Waals surface area (Å²) in [6.45, 7) is 1.25. The number of fused-ring (bicyclic) bond motifs is 1. The van der Waals surface area contributed by atoms with Crippen LogP contribution in [0.2, 0.25) is 5.02 Å². The number of aliphatic hydroxyl groups is 1. The Morgan fingerprint density at radius 1 is 1.04 bits per heavy atom. The van der Waals surface area contributed by atoms with Crippen molar-refractivity contribution in [3.63, 3.8) is 0 Å². The molecule has 0 unspecified atom stereocenters. The second-order valence-electron chi connectivity index (χ2n) is 6.22. The van der Waals surface area contributed by atoms with Crippen LogP contribution in [0.15, 0.2) is 60.8 Å². The van der Waals surface area contributed by atoms with E-state index in [9.17, 15) is 0 Å². The average molecular weight is 411 g/mol. The largest absolute Gasteiger partial charge is 0.395 e. The minimum Gasteiger partial charge on any atom is -0.395 e. The van der Waals surface area contributed by atoms with Crippen molar-refractivity contribution in [3.05, 3.63) is 71.5 Å². The lowest BCUT2D eigenvalue weighted by molar-refractivity contribution is 0.292. The van der Waals surface area contributed by atoms with Crippen molar-refractivity contribution in [3.8, 4) is 11.1 Å². The highest BCUT2D eigenvalue weighted by atomic mass is 35.5. The topological polar surface area (TPSA) is 70.1 Å². The van der Waals surface area contributed by atoms with Gasteiger partial charge in [0.05, 0.1) is 27.7 Å². The van der Waals surface area contributed by atoms with E-state index in [4.69, 9.17) is 16.7 Å². The number of pyridine rings is 1. The number of hydrogen-bond acceptors (Lipinski definition) is 6. The molecule has 0 saturated carbocycles. The van der Waals surface area contributed by atoms with Crippen LogP contribution in [0, 0.1) is 0 Å². The molecular formula is C21H19ClN4OS. The molecular weight excluding hydrogens is 392 g/mol. The molecule has 2 aromatic heterocycles. The van der Waals surface area contributed by atoms with Gasteiger partial charge in [0, 0.05) is 30.2 Å². The Morgan fingerprint density at radius 3 is 2.71 bits per heavy atom. The van der Waals surface area contributed by atoms with Crippen LogP contribution in [0.25, 0.3) is 21.2 Å². The zero-order chi connectivity index (χ0) is 19.3. The summed E-state index contributed by atoms with van der Waals surface area (Å²) in [6, 6.07) is 18.0. The average Bonchev–Trinajstić information content (AvgIpc) is 3.15. The van der Waals surface area contributed by atoms with Gasteiger partial charge in [-0.15, -0.1) is 0 Å². The molecule has 142 valence electrons. The van der Waals surface area contributed by atoms with E-state index in [1.807, 2.05) is 54.6 Å². The number of anilines is 2. The molecule has 2 aromatic carbocycles. The molecule has 7 heteroatoms. The van der Waals surface area contributed by atoms with E-state index in [1.165, 1.54) is 11.5 Å². The predicted octanol–water partition coefficient (Wildman–Crippen LogP) is 4.84. The second kappa shape index (κ2) is 8.67. The standard InChI is InChI=1S/C21H19ClN4OS/c22-19-15(14-5-2-1-3-6-14)7-4-8-17(19)25-21-20-16(9-10-24-21)18(26-28-20)13-23-11-12-27/h1-10,23,27H,11-13H2,(H,24,25). The molecule has 0 fully saturated rings. The van der Waals surface area contributed by atoms with Crippen molar-refractivity contribution in [2.45, 2.75) is 6.54 Å². The van der Waals surface area contributed by atoms with Gasteiger partial charge in [0.2, 0.25) is 0 Å². The SMILES string of the molecule is OCCNCc1nsc2c(Nc3cccc(-c4ccccc4)c3Cl)nccc12. The number of rotatable bonds is 7. The van der Waals surface area contributed by atoms with Gasteiger partial charge < -0.3 is 15.7 Å². The fourth-order valence-electron chi connectivity index (χ4n) is 3.02. The van der Waals surface area contributed by atoms with Crippen molar-refractivity contribution in [2.75, 3.05) is 18.5 Å². The number of benzene rings is 2. The van der Waals surface area contributed by atoms with Crippen LogP contribution in [0.1, 0.15) is 5.69 Å².